The van der Waals surface area contributed by atoms with Crippen molar-refractivity contribution in [3.05, 3.63) is 0 Å². The van der Waals surface area contributed by atoms with Crippen molar-refractivity contribution in [2.45, 2.75) is 25.0 Å². The normalized spacial score (nSPS) is 48.1. The summed E-state index contributed by atoms with van der Waals surface area (Å²) in [5, 5.41) is 9.36. The fraction of sp³-hybridized carbons (Fsp3) is 0.875. The summed E-state index contributed by atoms with van der Waals surface area (Å²) in [6.07, 6.45) is 2.05. The summed E-state index contributed by atoms with van der Waals surface area (Å²) in [7, 11) is 0. The molecule has 1 heterocycles. The van der Waals surface area contributed by atoms with E-state index in [0.717, 1.165) is 18.6 Å². The Morgan fingerprint density at radius 3 is 2.82 bits per heavy atom. The monoisotopic (exact) mass is 172 g/mol. The van der Waals surface area contributed by atoms with Gasteiger partial charge in [-0.3, -0.25) is 4.79 Å². The SMILES string of the molecule is CC1SCCC12CC2C(=O)O. The third kappa shape index (κ3) is 0.901. The maximum absolute atomic E-state index is 10.7. The molecule has 0 amide bonds. The lowest BCUT2D eigenvalue weighted by Crippen LogP contribution is -2.15. The molecule has 1 saturated heterocycles. The Morgan fingerprint density at radius 1 is 1.73 bits per heavy atom. The van der Waals surface area contributed by atoms with Gasteiger partial charge in [0.2, 0.25) is 0 Å². The standard InChI is InChI=1S/C8H12O2S/c1-5-8(2-3-11-5)4-6(8)7(9)10/h5-6H,2-4H2,1H3,(H,9,10). The first-order valence-corrected chi connectivity index (χ1v) is 5.06. The molecule has 2 nitrogen and oxygen atoms in total. The molecule has 2 rings (SSSR count). The Balaban J connectivity index is 2.10. The summed E-state index contributed by atoms with van der Waals surface area (Å²) in [6.45, 7) is 2.17. The van der Waals surface area contributed by atoms with Crippen molar-refractivity contribution in [2.24, 2.45) is 11.3 Å². The van der Waals surface area contributed by atoms with E-state index >= 15 is 0 Å². The van der Waals surface area contributed by atoms with E-state index in [1.54, 1.807) is 0 Å². The highest BCUT2D eigenvalue weighted by Gasteiger charge is 2.63. The Bertz CT molecular complexity index is 204. The van der Waals surface area contributed by atoms with Gasteiger partial charge >= 0.3 is 5.97 Å². The van der Waals surface area contributed by atoms with Crippen molar-refractivity contribution in [1.29, 1.82) is 0 Å². The van der Waals surface area contributed by atoms with Crippen molar-refractivity contribution in [1.82, 2.24) is 0 Å². The molecule has 1 spiro atoms. The average molecular weight is 172 g/mol. The van der Waals surface area contributed by atoms with Crippen LogP contribution in [0.25, 0.3) is 0 Å². The predicted molar refractivity (Wildman–Crippen MR) is 44.7 cm³/mol. The van der Waals surface area contributed by atoms with Crippen LogP contribution in [-0.2, 0) is 4.79 Å². The van der Waals surface area contributed by atoms with Gasteiger partial charge in [-0.05, 0) is 24.0 Å². The van der Waals surface area contributed by atoms with Crippen molar-refractivity contribution >= 4 is 17.7 Å². The van der Waals surface area contributed by atoms with Crippen LogP contribution >= 0.6 is 11.8 Å². The molecule has 1 aliphatic heterocycles. The lowest BCUT2D eigenvalue weighted by Gasteiger charge is -2.11. The third-order valence-corrected chi connectivity index (χ3v) is 4.57. The molecule has 0 aromatic rings. The highest BCUT2D eigenvalue weighted by molar-refractivity contribution is 8.00. The largest absolute Gasteiger partial charge is 0.481 e. The lowest BCUT2D eigenvalue weighted by atomic mass is 9.97. The van der Waals surface area contributed by atoms with Gasteiger partial charge in [-0.15, -0.1) is 0 Å². The second kappa shape index (κ2) is 2.16. The first-order valence-electron chi connectivity index (χ1n) is 4.01. The van der Waals surface area contributed by atoms with Crippen LogP contribution in [0.2, 0.25) is 0 Å². The molecule has 1 aliphatic carbocycles. The maximum atomic E-state index is 10.7. The zero-order valence-corrected chi connectivity index (χ0v) is 7.36. The van der Waals surface area contributed by atoms with E-state index in [4.69, 9.17) is 5.11 Å². The lowest BCUT2D eigenvalue weighted by molar-refractivity contribution is -0.139. The maximum Gasteiger partial charge on any atom is 0.307 e. The summed E-state index contributed by atoms with van der Waals surface area (Å²) in [5.41, 5.74) is 0.205. The molecule has 1 N–H and O–H groups in total. The van der Waals surface area contributed by atoms with Gasteiger partial charge in [0.05, 0.1) is 5.92 Å². The van der Waals surface area contributed by atoms with E-state index in [1.165, 1.54) is 0 Å². The molecular weight excluding hydrogens is 160 g/mol. The van der Waals surface area contributed by atoms with Crippen LogP contribution in [0.4, 0.5) is 0 Å². The van der Waals surface area contributed by atoms with Crippen LogP contribution in [0.15, 0.2) is 0 Å². The number of thioether (sulfide) groups is 1. The molecule has 3 unspecified atom stereocenters. The molecule has 0 bridgehead atoms. The van der Waals surface area contributed by atoms with Crippen LogP contribution in [0.3, 0.4) is 0 Å². The Hall–Kier alpha value is -0.180. The molecule has 0 aromatic heterocycles. The minimum absolute atomic E-state index is 0.0208. The van der Waals surface area contributed by atoms with Gasteiger partial charge in [0.25, 0.3) is 0 Å². The molecule has 0 aromatic carbocycles. The molecule has 3 heteroatoms. The highest BCUT2D eigenvalue weighted by atomic mass is 32.2. The molecule has 3 atom stereocenters. The van der Waals surface area contributed by atoms with Gasteiger partial charge in [-0.1, -0.05) is 6.92 Å². The molecule has 1 saturated carbocycles. The van der Waals surface area contributed by atoms with Gasteiger partial charge in [-0.25, -0.2) is 0 Å². The summed E-state index contributed by atoms with van der Waals surface area (Å²) >= 11 is 1.92. The number of carbonyl (C=O) groups is 1. The van der Waals surface area contributed by atoms with Crippen LogP contribution in [0, 0.1) is 11.3 Å². The Labute approximate surface area is 70.4 Å². The first kappa shape index (κ1) is 7.47. The summed E-state index contributed by atoms with van der Waals surface area (Å²) in [6, 6.07) is 0. The van der Waals surface area contributed by atoms with Crippen LogP contribution in [-0.4, -0.2) is 22.1 Å². The Morgan fingerprint density at radius 2 is 2.45 bits per heavy atom. The van der Waals surface area contributed by atoms with Gasteiger partial charge in [-0.2, -0.15) is 11.8 Å². The molecule has 0 radical (unpaired) electrons. The minimum atomic E-state index is -0.584. The van der Waals surface area contributed by atoms with Crippen LogP contribution < -0.4 is 0 Å². The number of aliphatic carboxylic acids is 1. The second-order valence-corrected chi connectivity index (χ2v) is 5.04. The van der Waals surface area contributed by atoms with Gasteiger partial charge in [0.15, 0.2) is 0 Å². The van der Waals surface area contributed by atoms with Crippen molar-refractivity contribution in [2.75, 3.05) is 5.75 Å². The zero-order valence-electron chi connectivity index (χ0n) is 6.54. The number of rotatable bonds is 1. The number of hydrogen-bond donors (Lipinski definition) is 1. The van der Waals surface area contributed by atoms with Gasteiger partial charge in [0, 0.05) is 5.25 Å². The van der Waals surface area contributed by atoms with E-state index < -0.39 is 5.97 Å². The molecular formula is C8H12O2S. The van der Waals surface area contributed by atoms with Gasteiger partial charge in [0.1, 0.15) is 0 Å². The van der Waals surface area contributed by atoms with Gasteiger partial charge < -0.3 is 5.11 Å². The van der Waals surface area contributed by atoms with E-state index in [-0.39, 0.29) is 11.3 Å². The smallest absolute Gasteiger partial charge is 0.307 e. The fourth-order valence-corrected chi connectivity index (χ4v) is 3.74. The van der Waals surface area contributed by atoms with Crippen molar-refractivity contribution in [3.63, 3.8) is 0 Å². The predicted octanol–water partition coefficient (Wildman–Crippen LogP) is 1.60. The van der Waals surface area contributed by atoms with Crippen molar-refractivity contribution < 1.29 is 9.90 Å². The third-order valence-electron chi connectivity index (χ3n) is 3.16. The molecule has 11 heavy (non-hydrogen) atoms. The minimum Gasteiger partial charge on any atom is -0.481 e. The Kier molecular flexibility index (Phi) is 1.46. The van der Waals surface area contributed by atoms with E-state index in [9.17, 15) is 4.79 Å². The summed E-state index contributed by atoms with van der Waals surface area (Å²) < 4.78 is 0. The number of carboxylic acids is 1. The second-order valence-electron chi connectivity index (χ2n) is 3.59. The van der Waals surface area contributed by atoms with Crippen LogP contribution in [0.5, 0.6) is 0 Å². The topological polar surface area (TPSA) is 37.3 Å². The zero-order chi connectivity index (χ0) is 8.06. The van der Waals surface area contributed by atoms with Crippen molar-refractivity contribution in [3.8, 4) is 0 Å². The number of carboxylic acid groups (broad SMARTS) is 1. The van der Waals surface area contributed by atoms with E-state index in [1.807, 2.05) is 11.8 Å². The van der Waals surface area contributed by atoms with E-state index in [2.05, 4.69) is 6.92 Å². The summed E-state index contributed by atoms with van der Waals surface area (Å²) in [5.74, 6) is 0.553. The molecule has 2 aliphatic rings. The summed E-state index contributed by atoms with van der Waals surface area (Å²) in [4.78, 5) is 10.7. The number of hydrogen-bond acceptors (Lipinski definition) is 2. The molecule has 62 valence electrons. The highest BCUT2D eigenvalue weighted by Crippen LogP contribution is 2.64. The average Bonchev–Trinajstić information content (AvgIpc) is 2.54. The van der Waals surface area contributed by atoms with E-state index in [0.29, 0.717) is 5.25 Å². The molecule has 2 fully saturated rings. The fourth-order valence-electron chi connectivity index (χ4n) is 2.17. The van der Waals surface area contributed by atoms with Crippen LogP contribution in [0.1, 0.15) is 19.8 Å². The quantitative estimate of drug-likeness (QED) is 0.652. The first-order chi connectivity index (χ1) is 5.17.